The molecule has 5 heteroatoms. The zero-order valence-electron chi connectivity index (χ0n) is 11.2. The standard InChI is InChI=1S/C13H20ClN3O/c1-9-12(10(2)16(3)15-9)13(18)17(8-7-14)11-5-4-6-11/h11H,4-8H2,1-3H3. The third-order valence-electron chi connectivity index (χ3n) is 3.82. The van der Waals surface area contributed by atoms with Crippen molar-refractivity contribution in [1.82, 2.24) is 14.7 Å². The second-order valence-corrected chi connectivity index (χ2v) is 5.32. The summed E-state index contributed by atoms with van der Waals surface area (Å²) in [4.78, 5) is 14.6. The molecule has 18 heavy (non-hydrogen) atoms. The fraction of sp³-hybridized carbons (Fsp3) is 0.692. The van der Waals surface area contributed by atoms with Crippen molar-refractivity contribution in [3.63, 3.8) is 0 Å². The molecule has 1 saturated carbocycles. The Morgan fingerprint density at radius 3 is 2.56 bits per heavy atom. The third-order valence-corrected chi connectivity index (χ3v) is 3.99. The molecule has 4 nitrogen and oxygen atoms in total. The summed E-state index contributed by atoms with van der Waals surface area (Å²) < 4.78 is 1.77. The number of carbonyl (C=O) groups is 1. The summed E-state index contributed by atoms with van der Waals surface area (Å²) >= 11 is 5.82. The minimum atomic E-state index is 0.0865. The molecule has 0 saturated heterocycles. The van der Waals surface area contributed by atoms with Crippen molar-refractivity contribution in [2.75, 3.05) is 12.4 Å². The normalized spacial score (nSPS) is 15.6. The number of alkyl halides is 1. The zero-order chi connectivity index (χ0) is 13.3. The van der Waals surface area contributed by atoms with Gasteiger partial charge in [0.05, 0.1) is 11.3 Å². The second kappa shape index (κ2) is 5.31. The summed E-state index contributed by atoms with van der Waals surface area (Å²) in [5.74, 6) is 0.573. The predicted octanol–water partition coefficient (Wildman–Crippen LogP) is 2.27. The number of halogens is 1. The van der Waals surface area contributed by atoms with Crippen LogP contribution in [-0.4, -0.2) is 39.1 Å². The van der Waals surface area contributed by atoms with Gasteiger partial charge in [0, 0.05) is 31.2 Å². The van der Waals surface area contributed by atoms with Crippen molar-refractivity contribution in [3.8, 4) is 0 Å². The summed E-state index contributed by atoms with van der Waals surface area (Å²) in [6.07, 6.45) is 3.41. The molecule has 0 N–H and O–H groups in total. The summed E-state index contributed by atoms with van der Waals surface area (Å²) in [7, 11) is 1.87. The van der Waals surface area contributed by atoms with Crippen LogP contribution in [0, 0.1) is 13.8 Å². The van der Waals surface area contributed by atoms with Crippen molar-refractivity contribution >= 4 is 17.5 Å². The minimum Gasteiger partial charge on any atom is -0.334 e. The highest BCUT2D eigenvalue weighted by Crippen LogP contribution is 2.27. The van der Waals surface area contributed by atoms with E-state index in [1.54, 1.807) is 4.68 Å². The number of hydrogen-bond acceptors (Lipinski definition) is 2. The predicted molar refractivity (Wildman–Crippen MR) is 72.1 cm³/mol. The minimum absolute atomic E-state index is 0.0865. The molecule has 1 fully saturated rings. The summed E-state index contributed by atoms with van der Waals surface area (Å²) in [6.45, 7) is 4.45. The Labute approximate surface area is 113 Å². The highest BCUT2D eigenvalue weighted by molar-refractivity contribution is 6.18. The van der Waals surface area contributed by atoms with Gasteiger partial charge in [-0.05, 0) is 33.1 Å². The number of nitrogens with zero attached hydrogens (tertiary/aromatic N) is 3. The van der Waals surface area contributed by atoms with E-state index in [1.165, 1.54) is 6.42 Å². The van der Waals surface area contributed by atoms with Gasteiger partial charge in [0.2, 0.25) is 0 Å². The molecule has 1 heterocycles. The molecule has 0 unspecified atom stereocenters. The Morgan fingerprint density at radius 1 is 1.50 bits per heavy atom. The Kier molecular flexibility index (Phi) is 3.95. The van der Waals surface area contributed by atoms with Crippen LogP contribution in [0.2, 0.25) is 0 Å². The largest absolute Gasteiger partial charge is 0.334 e. The lowest BCUT2D eigenvalue weighted by molar-refractivity contribution is 0.0596. The van der Waals surface area contributed by atoms with Crippen LogP contribution in [0.4, 0.5) is 0 Å². The van der Waals surface area contributed by atoms with E-state index >= 15 is 0 Å². The number of aryl methyl sites for hydroxylation is 2. The monoisotopic (exact) mass is 269 g/mol. The third kappa shape index (κ3) is 2.26. The molecule has 0 aromatic carbocycles. The lowest BCUT2D eigenvalue weighted by atomic mass is 9.91. The molecule has 0 bridgehead atoms. The molecule has 1 amide bonds. The van der Waals surface area contributed by atoms with Crippen LogP contribution in [0.5, 0.6) is 0 Å². The Morgan fingerprint density at radius 2 is 2.17 bits per heavy atom. The molecule has 2 rings (SSSR count). The fourth-order valence-corrected chi connectivity index (χ4v) is 2.65. The lowest BCUT2D eigenvalue weighted by Crippen LogP contribution is -2.45. The van der Waals surface area contributed by atoms with Crippen molar-refractivity contribution in [2.24, 2.45) is 7.05 Å². The van der Waals surface area contributed by atoms with E-state index in [-0.39, 0.29) is 5.91 Å². The topological polar surface area (TPSA) is 38.1 Å². The van der Waals surface area contributed by atoms with E-state index in [1.807, 2.05) is 25.8 Å². The van der Waals surface area contributed by atoms with Crippen molar-refractivity contribution in [2.45, 2.75) is 39.2 Å². The summed E-state index contributed by atoms with van der Waals surface area (Å²) in [6, 6.07) is 0.371. The fourth-order valence-electron chi connectivity index (χ4n) is 2.47. The van der Waals surface area contributed by atoms with E-state index in [2.05, 4.69) is 5.10 Å². The van der Waals surface area contributed by atoms with Crippen LogP contribution >= 0.6 is 11.6 Å². The van der Waals surface area contributed by atoms with E-state index in [0.29, 0.717) is 18.5 Å². The molecule has 100 valence electrons. The van der Waals surface area contributed by atoms with Gasteiger partial charge in [-0.3, -0.25) is 9.48 Å². The molecule has 0 atom stereocenters. The van der Waals surface area contributed by atoms with Crippen molar-refractivity contribution in [3.05, 3.63) is 17.0 Å². The van der Waals surface area contributed by atoms with Crippen LogP contribution in [0.15, 0.2) is 0 Å². The summed E-state index contributed by atoms with van der Waals surface area (Å²) in [5, 5.41) is 4.31. The van der Waals surface area contributed by atoms with E-state index in [4.69, 9.17) is 11.6 Å². The van der Waals surface area contributed by atoms with Crippen molar-refractivity contribution in [1.29, 1.82) is 0 Å². The second-order valence-electron chi connectivity index (χ2n) is 4.94. The average molecular weight is 270 g/mol. The molecule has 1 aliphatic rings. The Balaban J connectivity index is 2.26. The van der Waals surface area contributed by atoms with Gasteiger partial charge in [-0.2, -0.15) is 5.10 Å². The van der Waals surface area contributed by atoms with Gasteiger partial charge in [-0.1, -0.05) is 0 Å². The summed E-state index contributed by atoms with van der Waals surface area (Å²) in [5.41, 5.74) is 2.48. The molecule has 1 aliphatic carbocycles. The van der Waals surface area contributed by atoms with Crippen LogP contribution < -0.4 is 0 Å². The quantitative estimate of drug-likeness (QED) is 0.787. The first-order valence-corrected chi connectivity index (χ1v) is 6.96. The number of aromatic nitrogens is 2. The molecule has 1 aromatic heterocycles. The number of hydrogen-bond donors (Lipinski definition) is 0. The van der Waals surface area contributed by atoms with Crippen LogP contribution in [0.3, 0.4) is 0 Å². The van der Waals surface area contributed by atoms with E-state index < -0.39 is 0 Å². The molecular weight excluding hydrogens is 250 g/mol. The first-order valence-electron chi connectivity index (χ1n) is 6.43. The maximum atomic E-state index is 12.6. The number of carbonyl (C=O) groups excluding carboxylic acids is 1. The molecule has 0 aliphatic heterocycles. The van der Waals surface area contributed by atoms with Crippen LogP contribution in [-0.2, 0) is 7.05 Å². The molecular formula is C13H20ClN3O. The van der Waals surface area contributed by atoms with Gasteiger partial charge in [-0.15, -0.1) is 11.6 Å². The average Bonchev–Trinajstić information content (AvgIpc) is 2.49. The molecule has 1 aromatic rings. The van der Waals surface area contributed by atoms with Crippen LogP contribution in [0.1, 0.15) is 41.0 Å². The lowest BCUT2D eigenvalue weighted by Gasteiger charge is -2.37. The van der Waals surface area contributed by atoms with Crippen molar-refractivity contribution < 1.29 is 4.79 Å². The Hall–Kier alpha value is -1.03. The highest BCUT2D eigenvalue weighted by atomic mass is 35.5. The highest BCUT2D eigenvalue weighted by Gasteiger charge is 2.31. The van der Waals surface area contributed by atoms with Gasteiger partial charge in [0.15, 0.2) is 0 Å². The first kappa shape index (κ1) is 13.4. The maximum Gasteiger partial charge on any atom is 0.257 e. The first-order chi connectivity index (χ1) is 8.56. The van der Waals surface area contributed by atoms with Crippen LogP contribution in [0.25, 0.3) is 0 Å². The SMILES string of the molecule is Cc1nn(C)c(C)c1C(=O)N(CCCl)C1CCC1. The van der Waals surface area contributed by atoms with Gasteiger partial charge in [0.25, 0.3) is 5.91 Å². The molecule has 0 radical (unpaired) electrons. The maximum absolute atomic E-state index is 12.6. The van der Waals surface area contributed by atoms with Gasteiger partial charge in [-0.25, -0.2) is 0 Å². The number of rotatable bonds is 4. The smallest absolute Gasteiger partial charge is 0.257 e. The Bertz CT molecular complexity index is 451. The van der Waals surface area contributed by atoms with Gasteiger partial charge in [0.1, 0.15) is 0 Å². The van der Waals surface area contributed by atoms with E-state index in [0.717, 1.165) is 29.8 Å². The van der Waals surface area contributed by atoms with E-state index in [9.17, 15) is 4.79 Å². The van der Waals surface area contributed by atoms with Gasteiger partial charge >= 0.3 is 0 Å². The zero-order valence-corrected chi connectivity index (χ0v) is 12.0. The van der Waals surface area contributed by atoms with Gasteiger partial charge < -0.3 is 4.90 Å². The number of amides is 1. The molecule has 0 spiro atoms.